The lowest BCUT2D eigenvalue weighted by atomic mass is 9.70. The van der Waals surface area contributed by atoms with Crippen LogP contribution in [-0.4, -0.2) is 38.1 Å². The first-order valence-electron chi connectivity index (χ1n) is 9.04. The molecule has 0 aromatic carbocycles. The number of hydrogen-bond acceptors (Lipinski definition) is 2. The molecule has 2 aliphatic rings. The minimum atomic E-state index is 0.563. The minimum Gasteiger partial charge on any atom is -0.319 e. The van der Waals surface area contributed by atoms with Gasteiger partial charge in [-0.3, -0.25) is 0 Å². The number of likely N-dealkylation sites (tertiary alicyclic amines) is 1. The summed E-state index contributed by atoms with van der Waals surface area (Å²) in [6, 6.07) is 0. The maximum Gasteiger partial charge on any atom is 0.00501 e. The van der Waals surface area contributed by atoms with E-state index in [4.69, 9.17) is 0 Å². The van der Waals surface area contributed by atoms with Crippen molar-refractivity contribution < 1.29 is 0 Å². The van der Waals surface area contributed by atoms with Crippen LogP contribution < -0.4 is 5.32 Å². The highest BCUT2D eigenvalue weighted by Crippen LogP contribution is 2.39. The fraction of sp³-hybridized carbons (Fsp3) is 1.00. The molecule has 1 aliphatic carbocycles. The highest BCUT2D eigenvalue weighted by Gasteiger charge is 2.35. The highest BCUT2D eigenvalue weighted by molar-refractivity contribution is 4.89. The zero-order valence-corrected chi connectivity index (χ0v) is 14.1. The molecule has 1 saturated carbocycles. The average Bonchev–Trinajstić information content (AvgIpc) is 2.68. The molecule has 2 heteroatoms. The normalized spacial score (nSPS) is 36.8. The Morgan fingerprint density at radius 1 is 1.10 bits per heavy atom. The Labute approximate surface area is 126 Å². The summed E-state index contributed by atoms with van der Waals surface area (Å²) in [6.45, 7) is 10.0. The molecule has 1 heterocycles. The molecule has 0 spiro atoms. The molecular weight excluding hydrogens is 244 g/mol. The number of rotatable bonds is 5. The molecule has 2 rings (SSSR count). The van der Waals surface area contributed by atoms with Crippen LogP contribution in [-0.2, 0) is 0 Å². The predicted molar refractivity (Wildman–Crippen MR) is 88.1 cm³/mol. The van der Waals surface area contributed by atoms with Crippen LogP contribution in [0.1, 0.15) is 65.2 Å². The van der Waals surface area contributed by atoms with Crippen molar-refractivity contribution >= 4 is 0 Å². The van der Waals surface area contributed by atoms with E-state index in [2.05, 4.69) is 31.1 Å². The molecule has 118 valence electrons. The lowest BCUT2D eigenvalue weighted by molar-refractivity contribution is 0.0893. The van der Waals surface area contributed by atoms with Crippen molar-refractivity contribution in [3.8, 4) is 0 Å². The summed E-state index contributed by atoms with van der Waals surface area (Å²) in [5.41, 5.74) is 0.563. The highest BCUT2D eigenvalue weighted by atomic mass is 15.1. The van der Waals surface area contributed by atoms with Gasteiger partial charge >= 0.3 is 0 Å². The van der Waals surface area contributed by atoms with Crippen molar-refractivity contribution in [1.29, 1.82) is 0 Å². The van der Waals surface area contributed by atoms with Crippen molar-refractivity contribution in [2.45, 2.75) is 65.2 Å². The third kappa shape index (κ3) is 4.46. The zero-order chi connectivity index (χ0) is 14.4. The first kappa shape index (κ1) is 16.3. The van der Waals surface area contributed by atoms with Crippen molar-refractivity contribution in [3.05, 3.63) is 0 Å². The standard InChI is InChI=1S/C18H36N2/c1-4-17-6-5-12-20(13-9-17)15-18(14-19-3)10-7-16(2)8-11-18/h16-17,19H,4-15H2,1-3H3. The third-order valence-corrected chi connectivity index (χ3v) is 5.96. The van der Waals surface area contributed by atoms with Gasteiger partial charge in [0.05, 0.1) is 0 Å². The van der Waals surface area contributed by atoms with Crippen LogP contribution in [0.4, 0.5) is 0 Å². The molecule has 1 unspecified atom stereocenters. The van der Waals surface area contributed by atoms with Gasteiger partial charge in [-0.25, -0.2) is 0 Å². The van der Waals surface area contributed by atoms with Gasteiger partial charge in [-0.05, 0) is 69.5 Å². The smallest absolute Gasteiger partial charge is 0.00501 e. The Hall–Kier alpha value is -0.0800. The first-order chi connectivity index (χ1) is 9.67. The molecular formula is C18H36N2. The van der Waals surface area contributed by atoms with E-state index in [0.717, 1.165) is 11.8 Å². The lowest BCUT2D eigenvalue weighted by Gasteiger charge is -2.42. The molecule has 1 N–H and O–H groups in total. The van der Waals surface area contributed by atoms with Crippen LogP contribution >= 0.6 is 0 Å². The minimum absolute atomic E-state index is 0.563. The molecule has 0 bridgehead atoms. The summed E-state index contributed by atoms with van der Waals surface area (Å²) >= 11 is 0. The second-order valence-electron chi connectivity index (χ2n) is 7.69. The maximum absolute atomic E-state index is 3.49. The van der Waals surface area contributed by atoms with E-state index in [1.54, 1.807) is 0 Å². The van der Waals surface area contributed by atoms with E-state index in [0.29, 0.717) is 5.41 Å². The topological polar surface area (TPSA) is 15.3 Å². The van der Waals surface area contributed by atoms with Crippen LogP contribution in [0.2, 0.25) is 0 Å². The molecule has 0 radical (unpaired) electrons. The van der Waals surface area contributed by atoms with E-state index in [1.165, 1.54) is 77.5 Å². The molecule has 2 nitrogen and oxygen atoms in total. The summed E-state index contributed by atoms with van der Waals surface area (Å²) in [7, 11) is 2.13. The average molecular weight is 281 g/mol. The van der Waals surface area contributed by atoms with Gasteiger partial charge in [0, 0.05) is 13.1 Å². The Morgan fingerprint density at radius 2 is 1.85 bits per heavy atom. The van der Waals surface area contributed by atoms with Crippen LogP contribution in [0.15, 0.2) is 0 Å². The molecule has 2 fully saturated rings. The SMILES string of the molecule is CCC1CCCN(CC2(CNC)CCC(C)CC2)CC1. The summed E-state index contributed by atoms with van der Waals surface area (Å²) in [6.07, 6.45) is 11.4. The number of hydrogen-bond donors (Lipinski definition) is 1. The first-order valence-corrected chi connectivity index (χ1v) is 9.04. The maximum atomic E-state index is 3.49. The van der Waals surface area contributed by atoms with E-state index in [9.17, 15) is 0 Å². The van der Waals surface area contributed by atoms with Gasteiger partial charge in [0.1, 0.15) is 0 Å². The van der Waals surface area contributed by atoms with E-state index in [-0.39, 0.29) is 0 Å². The third-order valence-electron chi connectivity index (χ3n) is 5.96. The van der Waals surface area contributed by atoms with Crippen molar-refractivity contribution in [3.63, 3.8) is 0 Å². The van der Waals surface area contributed by atoms with Gasteiger partial charge < -0.3 is 10.2 Å². The molecule has 1 aliphatic heterocycles. The number of nitrogens with zero attached hydrogens (tertiary/aromatic N) is 1. The van der Waals surface area contributed by atoms with E-state index < -0.39 is 0 Å². The molecule has 1 atom stereocenters. The van der Waals surface area contributed by atoms with Crippen LogP contribution in [0, 0.1) is 17.3 Å². The van der Waals surface area contributed by atoms with Gasteiger partial charge in [0.2, 0.25) is 0 Å². The lowest BCUT2D eigenvalue weighted by Crippen LogP contribution is -2.45. The Balaban J connectivity index is 1.90. The molecule has 0 aromatic heterocycles. The molecule has 20 heavy (non-hydrogen) atoms. The Bertz CT molecular complexity index is 269. The van der Waals surface area contributed by atoms with Gasteiger partial charge in [-0.2, -0.15) is 0 Å². The van der Waals surface area contributed by atoms with Crippen LogP contribution in [0.5, 0.6) is 0 Å². The molecule has 0 amide bonds. The fourth-order valence-electron chi connectivity index (χ4n) is 4.41. The molecule has 0 aromatic rings. The molecule has 1 saturated heterocycles. The summed E-state index contributed by atoms with van der Waals surface area (Å²) < 4.78 is 0. The largest absolute Gasteiger partial charge is 0.319 e. The van der Waals surface area contributed by atoms with Gasteiger partial charge in [0.15, 0.2) is 0 Å². The van der Waals surface area contributed by atoms with Crippen molar-refractivity contribution in [1.82, 2.24) is 10.2 Å². The quantitative estimate of drug-likeness (QED) is 0.821. The van der Waals surface area contributed by atoms with Crippen molar-refractivity contribution in [2.24, 2.45) is 17.3 Å². The summed E-state index contributed by atoms with van der Waals surface area (Å²) in [4.78, 5) is 2.79. The van der Waals surface area contributed by atoms with Crippen LogP contribution in [0.3, 0.4) is 0 Å². The summed E-state index contributed by atoms with van der Waals surface area (Å²) in [5, 5.41) is 3.49. The second-order valence-corrected chi connectivity index (χ2v) is 7.69. The second kappa shape index (κ2) is 7.79. The monoisotopic (exact) mass is 280 g/mol. The Kier molecular flexibility index (Phi) is 6.35. The van der Waals surface area contributed by atoms with Crippen LogP contribution in [0.25, 0.3) is 0 Å². The van der Waals surface area contributed by atoms with Gasteiger partial charge in [-0.15, -0.1) is 0 Å². The van der Waals surface area contributed by atoms with Crippen molar-refractivity contribution in [2.75, 3.05) is 33.2 Å². The fourth-order valence-corrected chi connectivity index (χ4v) is 4.41. The Morgan fingerprint density at radius 3 is 2.50 bits per heavy atom. The van der Waals surface area contributed by atoms with E-state index >= 15 is 0 Å². The number of nitrogens with one attached hydrogen (secondary N) is 1. The zero-order valence-electron chi connectivity index (χ0n) is 14.1. The van der Waals surface area contributed by atoms with Gasteiger partial charge in [-0.1, -0.05) is 33.1 Å². The predicted octanol–water partition coefficient (Wildman–Crippen LogP) is 3.91. The summed E-state index contributed by atoms with van der Waals surface area (Å²) in [5.74, 6) is 1.94. The van der Waals surface area contributed by atoms with Gasteiger partial charge in [0.25, 0.3) is 0 Å². The van der Waals surface area contributed by atoms with E-state index in [1.807, 2.05) is 0 Å².